The highest BCUT2D eigenvalue weighted by molar-refractivity contribution is 6.30. The summed E-state index contributed by atoms with van der Waals surface area (Å²) >= 11 is 5.79. The van der Waals surface area contributed by atoms with Gasteiger partial charge in [-0.2, -0.15) is 0 Å². The molecule has 0 spiro atoms. The molecule has 0 fully saturated rings. The van der Waals surface area contributed by atoms with Crippen LogP contribution in [-0.2, 0) is 0 Å². The van der Waals surface area contributed by atoms with E-state index in [4.69, 9.17) is 11.6 Å². The summed E-state index contributed by atoms with van der Waals surface area (Å²) in [5, 5.41) is 7.62. The van der Waals surface area contributed by atoms with E-state index in [0.29, 0.717) is 10.7 Å². The van der Waals surface area contributed by atoms with E-state index in [1.807, 2.05) is 6.92 Å². The largest absolute Gasteiger partial charge is 0.283 e. The SMILES string of the molecule is Cc1cc(Cl)ccc1-n1cc(C(F)F)nn1. The molecule has 1 aromatic heterocycles. The smallest absolute Gasteiger partial charge is 0.220 e. The summed E-state index contributed by atoms with van der Waals surface area (Å²) in [6.45, 7) is 1.82. The lowest BCUT2D eigenvalue weighted by Crippen LogP contribution is -1.97. The van der Waals surface area contributed by atoms with Gasteiger partial charge in [-0.1, -0.05) is 16.8 Å². The molecule has 0 N–H and O–H groups in total. The first-order valence-corrected chi connectivity index (χ1v) is 4.92. The van der Waals surface area contributed by atoms with Crippen LogP contribution >= 0.6 is 11.6 Å². The molecule has 0 saturated heterocycles. The second-order valence-electron chi connectivity index (χ2n) is 3.32. The van der Waals surface area contributed by atoms with Crippen molar-refractivity contribution in [2.75, 3.05) is 0 Å². The summed E-state index contributed by atoms with van der Waals surface area (Å²) < 4.78 is 26.0. The zero-order valence-electron chi connectivity index (χ0n) is 8.36. The van der Waals surface area contributed by atoms with Gasteiger partial charge >= 0.3 is 0 Å². The highest BCUT2D eigenvalue weighted by atomic mass is 35.5. The van der Waals surface area contributed by atoms with Gasteiger partial charge in [0.15, 0.2) is 0 Å². The van der Waals surface area contributed by atoms with Crippen molar-refractivity contribution in [2.24, 2.45) is 0 Å². The van der Waals surface area contributed by atoms with E-state index < -0.39 is 6.43 Å². The topological polar surface area (TPSA) is 30.7 Å². The van der Waals surface area contributed by atoms with Gasteiger partial charge in [-0.15, -0.1) is 5.10 Å². The average Bonchev–Trinajstić information content (AvgIpc) is 2.66. The molecule has 16 heavy (non-hydrogen) atoms. The van der Waals surface area contributed by atoms with Crippen LogP contribution in [0, 0.1) is 6.92 Å². The minimum Gasteiger partial charge on any atom is -0.220 e. The number of hydrogen-bond acceptors (Lipinski definition) is 2. The van der Waals surface area contributed by atoms with E-state index in [-0.39, 0.29) is 5.69 Å². The van der Waals surface area contributed by atoms with Crippen LogP contribution in [0.2, 0.25) is 5.02 Å². The minimum absolute atomic E-state index is 0.339. The number of alkyl halides is 2. The van der Waals surface area contributed by atoms with Gasteiger partial charge in [0.1, 0.15) is 5.69 Å². The third-order valence-corrected chi connectivity index (χ3v) is 2.38. The summed E-state index contributed by atoms with van der Waals surface area (Å²) in [6.07, 6.45) is -1.40. The Morgan fingerprint density at radius 2 is 2.12 bits per heavy atom. The van der Waals surface area contributed by atoms with Gasteiger partial charge in [0.05, 0.1) is 11.9 Å². The monoisotopic (exact) mass is 243 g/mol. The molecule has 0 atom stereocenters. The van der Waals surface area contributed by atoms with Gasteiger partial charge in [0, 0.05) is 5.02 Å². The third kappa shape index (κ3) is 2.04. The van der Waals surface area contributed by atoms with E-state index in [1.54, 1.807) is 18.2 Å². The van der Waals surface area contributed by atoms with Crippen LogP contribution in [0.25, 0.3) is 5.69 Å². The number of aryl methyl sites for hydroxylation is 1. The van der Waals surface area contributed by atoms with E-state index in [1.165, 1.54) is 10.9 Å². The molecule has 2 aromatic rings. The number of nitrogens with zero attached hydrogens (tertiary/aromatic N) is 3. The van der Waals surface area contributed by atoms with Crippen molar-refractivity contribution < 1.29 is 8.78 Å². The fraction of sp³-hybridized carbons (Fsp3) is 0.200. The number of halogens is 3. The molecule has 1 aromatic carbocycles. The number of aromatic nitrogens is 3. The molecule has 84 valence electrons. The first-order valence-electron chi connectivity index (χ1n) is 4.55. The van der Waals surface area contributed by atoms with Crippen LogP contribution in [0.1, 0.15) is 17.7 Å². The maximum Gasteiger partial charge on any atom is 0.283 e. The zero-order chi connectivity index (χ0) is 11.7. The third-order valence-electron chi connectivity index (χ3n) is 2.14. The summed E-state index contributed by atoms with van der Waals surface area (Å²) in [6, 6.07) is 5.12. The highest BCUT2D eigenvalue weighted by Gasteiger charge is 2.13. The van der Waals surface area contributed by atoms with Gasteiger partial charge in [0.2, 0.25) is 0 Å². The Labute approximate surface area is 95.6 Å². The lowest BCUT2D eigenvalue weighted by Gasteiger charge is -2.04. The first kappa shape index (κ1) is 11.0. The lowest BCUT2D eigenvalue weighted by molar-refractivity contribution is 0.146. The second kappa shape index (κ2) is 4.17. The molecule has 0 radical (unpaired) electrons. The van der Waals surface area contributed by atoms with E-state index in [0.717, 1.165) is 5.56 Å². The molecule has 0 unspecified atom stereocenters. The average molecular weight is 244 g/mol. The zero-order valence-corrected chi connectivity index (χ0v) is 9.12. The number of rotatable bonds is 2. The first-order chi connectivity index (χ1) is 7.58. The predicted octanol–water partition coefficient (Wildman–Crippen LogP) is 3.17. The molecule has 6 heteroatoms. The van der Waals surface area contributed by atoms with Crippen molar-refractivity contribution in [1.29, 1.82) is 0 Å². The maximum absolute atomic E-state index is 12.3. The molecule has 0 amide bonds. The van der Waals surface area contributed by atoms with Crippen LogP contribution in [0.4, 0.5) is 8.78 Å². The predicted molar refractivity (Wildman–Crippen MR) is 56.1 cm³/mol. The second-order valence-corrected chi connectivity index (χ2v) is 3.76. The summed E-state index contributed by atoms with van der Waals surface area (Å²) in [5.74, 6) is 0. The van der Waals surface area contributed by atoms with Crippen LogP contribution in [-0.4, -0.2) is 15.0 Å². The van der Waals surface area contributed by atoms with Gasteiger partial charge < -0.3 is 0 Å². The fourth-order valence-corrected chi connectivity index (χ4v) is 1.60. The molecule has 2 rings (SSSR count). The van der Waals surface area contributed by atoms with Crippen molar-refractivity contribution in [3.63, 3.8) is 0 Å². The fourth-order valence-electron chi connectivity index (χ4n) is 1.37. The van der Waals surface area contributed by atoms with Crippen molar-refractivity contribution in [3.05, 3.63) is 40.7 Å². The van der Waals surface area contributed by atoms with Crippen molar-refractivity contribution in [3.8, 4) is 5.69 Å². The quantitative estimate of drug-likeness (QED) is 0.811. The number of benzene rings is 1. The van der Waals surface area contributed by atoms with E-state index in [2.05, 4.69) is 10.3 Å². The highest BCUT2D eigenvalue weighted by Crippen LogP contribution is 2.20. The van der Waals surface area contributed by atoms with Crippen LogP contribution in [0.5, 0.6) is 0 Å². The Bertz CT molecular complexity index is 511. The van der Waals surface area contributed by atoms with Crippen molar-refractivity contribution in [1.82, 2.24) is 15.0 Å². The van der Waals surface area contributed by atoms with Gasteiger partial charge in [-0.25, -0.2) is 13.5 Å². The van der Waals surface area contributed by atoms with Crippen LogP contribution in [0.15, 0.2) is 24.4 Å². The number of hydrogen-bond donors (Lipinski definition) is 0. The maximum atomic E-state index is 12.3. The van der Waals surface area contributed by atoms with Gasteiger partial charge in [0.25, 0.3) is 6.43 Å². The standard InChI is InChI=1S/C10H8ClF2N3/c1-6-4-7(11)2-3-9(6)16-5-8(10(12)13)14-15-16/h2-5,10H,1H3. The molecule has 1 heterocycles. The molecular formula is C10H8ClF2N3. The summed E-state index contributed by atoms with van der Waals surface area (Å²) in [4.78, 5) is 0. The molecule has 0 aliphatic heterocycles. The van der Waals surface area contributed by atoms with Gasteiger partial charge in [-0.05, 0) is 30.7 Å². The molecule has 3 nitrogen and oxygen atoms in total. The van der Waals surface area contributed by atoms with Gasteiger partial charge in [-0.3, -0.25) is 0 Å². The summed E-state index contributed by atoms with van der Waals surface area (Å²) in [7, 11) is 0. The Morgan fingerprint density at radius 1 is 1.38 bits per heavy atom. The molecule has 0 bridgehead atoms. The molecule has 0 saturated carbocycles. The minimum atomic E-state index is -2.61. The van der Waals surface area contributed by atoms with E-state index >= 15 is 0 Å². The van der Waals surface area contributed by atoms with Crippen molar-refractivity contribution in [2.45, 2.75) is 13.3 Å². The Kier molecular flexibility index (Phi) is 2.87. The molecule has 0 aliphatic carbocycles. The van der Waals surface area contributed by atoms with Crippen molar-refractivity contribution >= 4 is 11.6 Å². The van der Waals surface area contributed by atoms with Crippen LogP contribution in [0.3, 0.4) is 0 Å². The van der Waals surface area contributed by atoms with Crippen LogP contribution < -0.4 is 0 Å². The normalized spacial score (nSPS) is 11.1. The molecule has 0 aliphatic rings. The Hall–Kier alpha value is -1.49. The summed E-state index contributed by atoms with van der Waals surface area (Å²) in [5.41, 5.74) is 1.19. The van der Waals surface area contributed by atoms with E-state index in [9.17, 15) is 8.78 Å². The molecular weight excluding hydrogens is 236 g/mol. The Balaban J connectivity index is 2.42. The lowest BCUT2D eigenvalue weighted by atomic mass is 10.2. The Morgan fingerprint density at radius 3 is 2.69 bits per heavy atom.